The average molecular weight is 218 g/mol. The summed E-state index contributed by atoms with van der Waals surface area (Å²) in [5.41, 5.74) is -0.728. The molecule has 2 aromatic rings. The first kappa shape index (κ1) is 9.95. The molecule has 0 amide bonds. The quantitative estimate of drug-likeness (QED) is 0.676. The molecule has 0 saturated carbocycles. The van der Waals surface area contributed by atoms with Gasteiger partial charge < -0.3 is 4.98 Å². The highest BCUT2D eigenvalue weighted by molar-refractivity contribution is 5.77. The maximum Gasteiger partial charge on any atom is 0.417 e. The van der Waals surface area contributed by atoms with Crippen LogP contribution in [-0.2, 0) is 6.18 Å². The summed E-state index contributed by atoms with van der Waals surface area (Å²) < 4.78 is 50.0. The molecule has 0 aliphatic rings. The Kier molecular flexibility index (Phi) is 1.95. The third kappa shape index (κ3) is 1.55. The Morgan fingerprint density at radius 2 is 2.00 bits per heavy atom. The van der Waals surface area contributed by atoms with Crippen molar-refractivity contribution in [2.24, 2.45) is 0 Å². The summed E-state index contributed by atoms with van der Waals surface area (Å²) in [6.07, 6.45) is -3.84. The molecule has 2 heterocycles. The lowest BCUT2D eigenvalue weighted by Crippen LogP contribution is -2.05. The number of pyridine rings is 1. The van der Waals surface area contributed by atoms with Crippen LogP contribution in [0.2, 0.25) is 0 Å². The Morgan fingerprint density at radius 1 is 1.33 bits per heavy atom. The number of rotatable bonds is 0. The van der Waals surface area contributed by atoms with E-state index in [0.29, 0.717) is 6.20 Å². The summed E-state index contributed by atoms with van der Waals surface area (Å²) in [7, 11) is 0. The average Bonchev–Trinajstić information content (AvgIpc) is 2.41. The van der Waals surface area contributed by atoms with E-state index in [9.17, 15) is 17.6 Å². The molecule has 0 saturated heterocycles. The maximum atomic E-state index is 13.2. The minimum Gasteiger partial charge on any atom is -0.355 e. The van der Waals surface area contributed by atoms with Gasteiger partial charge in [0.05, 0.1) is 16.8 Å². The molecule has 0 unspecified atom stereocenters. The molecule has 2 nitrogen and oxygen atoms in total. The lowest BCUT2D eigenvalue weighted by atomic mass is 10.2. The number of H-pyrrole nitrogens is 1. The van der Waals surface area contributed by atoms with Crippen LogP contribution < -0.4 is 0 Å². The van der Waals surface area contributed by atoms with Crippen molar-refractivity contribution in [2.75, 3.05) is 0 Å². The van der Waals surface area contributed by atoms with Gasteiger partial charge in [-0.05, 0) is 13.0 Å². The molecule has 0 aliphatic carbocycles. The molecule has 0 aliphatic heterocycles. The largest absolute Gasteiger partial charge is 0.417 e. The van der Waals surface area contributed by atoms with Gasteiger partial charge in [-0.2, -0.15) is 13.2 Å². The second kappa shape index (κ2) is 2.95. The van der Waals surface area contributed by atoms with Crippen LogP contribution in [0.4, 0.5) is 17.6 Å². The molecule has 1 N–H and O–H groups in total. The van der Waals surface area contributed by atoms with Gasteiger partial charge in [0, 0.05) is 6.20 Å². The van der Waals surface area contributed by atoms with E-state index in [-0.39, 0.29) is 16.7 Å². The smallest absolute Gasteiger partial charge is 0.355 e. The van der Waals surface area contributed by atoms with Crippen LogP contribution in [0.1, 0.15) is 11.3 Å². The van der Waals surface area contributed by atoms with Gasteiger partial charge in [-0.1, -0.05) is 0 Å². The molecule has 0 aromatic carbocycles. The standard InChI is InChI=1S/C9H6F4N2/c1-4-7(10)8-6(15-4)2-5(3-14-8)9(11,12)13/h2-3,15H,1H3. The molecule has 0 fully saturated rings. The normalized spacial score (nSPS) is 12.3. The van der Waals surface area contributed by atoms with Gasteiger partial charge in [-0.3, -0.25) is 4.98 Å². The van der Waals surface area contributed by atoms with Gasteiger partial charge in [0.25, 0.3) is 0 Å². The van der Waals surface area contributed by atoms with E-state index in [1.807, 2.05) is 0 Å². The number of aromatic nitrogens is 2. The molecule has 0 bridgehead atoms. The third-order valence-electron chi connectivity index (χ3n) is 2.07. The maximum absolute atomic E-state index is 13.2. The van der Waals surface area contributed by atoms with E-state index in [2.05, 4.69) is 9.97 Å². The van der Waals surface area contributed by atoms with Crippen molar-refractivity contribution >= 4 is 11.0 Å². The van der Waals surface area contributed by atoms with E-state index in [1.54, 1.807) is 0 Å². The second-order valence-electron chi connectivity index (χ2n) is 3.18. The Balaban J connectivity index is 2.67. The SMILES string of the molecule is Cc1[nH]c2cc(C(F)(F)F)cnc2c1F. The van der Waals surface area contributed by atoms with Crippen molar-refractivity contribution in [3.63, 3.8) is 0 Å². The molecule has 2 rings (SSSR count). The molecular weight excluding hydrogens is 212 g/mol. The highest BCUT2D eigenvalue weighted by Crippen LogP contribution is 2.30. The summed E-state index contributed by atoms with van der Waals surface area (Å²) in [5, 5.41) is 0. The zero-order chi connectivity index (χ0) is 11.2. The Bertz CT molecular complexity index is 513. The van der Waals surface area contributed by atoms with Crippen molar-refractivity contribution in [1.82, 2.24) is 9.97 Å². The van der Waals surface area contributed by atoms with Gasteiger partial charge in [-0.15, -0.1) is 0 Å². The third-order valence-corrected chi connectivity index (χ3v) is 2.07. The Labute approximate surface area is 81.9 Å². The van der Waals surface area contributed by atoms with Crippen LogP contribution in [0, 0.1) is 12.7 Å². The second-order valence-corrected chi connectivity index (χ2v) is 3.18. The molecule has 0 atom stereocenters. The summed E-state index contributed by atoms with van der Waals surface area (Å²) in [4.78, 5) is 5.94. The zero-order valence-electron chi connectivity index (χ0n) is 7.61. The fourth-order valence-corrected chi connectivity index (χ4v) is 1.32. The van der Waals surface area contributed by atoms with Crippen LogP contribution in [0.15, 0.2) is 12.3 Å². The number of hydrogen-bond donors (Lipinski definition) is 1. The predicted molar refractivity (Wildman–Crippen MR) is 45.8 cm³/mol. The van der Waals surface area contributed by atoms with Crippen LogP contribution in [0.3, 0.4) is 0 Å². The molecule has 0 spiro atoms. The van der Waals surface area contributed by atoms with E-state index in [0.717, 1.165) is 6.07 Å². The number of hydrogen-bond acceptors (Lipinski definition) is 1. The lowest BCUT2D eigenvalue weighted by Gasteiger charge is -2.04. The summed E-state index contributed by atoms with van der Waals surface area (Å²) >= 11 is 0. The number of fused-ring (bicyclic) bond motifs is 1. The molecular formula is C9H6F4N2. The van der Waals surface area contributed by atoms with E-state index in [4.69, 9.17) is 0 Å². The number of halogens is 4. The fourth-order valence-electron chi connectivity index (χ4n) is 1.32. The number of nitrogens with zero attached hydrogens (tertiary/aromatic N) is 1. The van der Waals surface area contributed by atoms with Crippen LogP contribution in [0.25, 0.3) is 11.0 Å². The van der Waals surface area contributed by atoms with Crippen molar-refractivity contribution in [3.05, 3.63) is 29.3 Å². The van der Waals surface area contributed by atoms with Crippen LogP contribution >= 0.6 is 0 Å². The predicted octanol–water partition coefficient (Wildman–Crippen LogP) is 3.03. The molecule has 15 heavy (non-hydrogen) atoms. The topological polar surface area (TPSA) is 28.7 Å². The van der Waals surface area contributed by atoms with Gasteiger partial charge in [0.1, 0.15) is 5.52 Å². The molecule has 0 radical (unpaired) electrons. The van der Waals surface area contributed by atoms with Crippen molar-refractivity contribution in [3.8, 4) is 0 Å². The number of aryl methyl sites for hydroxylation is 1. The zero-order valence-corrected chi connectivity index (χ0v) is 7.61. The number of aromatic amines is 1. The number of nitrogens with one attached hydrogen (secondary N) is 1. The van der Waals surface area contributed by atoms with Gasteiger partial charge >= 0.3 is 6.18 Å². The minimum atomic E-state index is -4.46. The molecule has 2 aromatic heterocycles. The lowest BCUT2D eigenvalue weighted by molar-refractivity contribution is -0.137. The van der Waals surface area contributed by atoms with Crippen molar-refractivity contribution < 1.29 is 17.6 Å². The van der Waals surface area contributed by atoms with Crippen LogP contribution in [-0.4, -0.2) is 9.97 Å². The van der Waals surface area contributed by atoms with Crippen LogP contribution in [0.5, 0.6) is 0 Å². The van der Waals surface area contributed by atoms with Gasteiger partial charge in [0.15, 0.2) is 5.82 Å². The minimum absolute atomic E-state index is 0.0554. The Hall–Kier alpha value is -1.59. The monoisotopic (exact) mass is 218 g/mol. The van der Waals surface area contributed by atoms with E-state index >= 15 is 0 Å². The highest BCUT2D eigenvalue weighted by Gasteiger charge is 2.31. The first-order valence-corrected chi connectivity index (χ1v) is 4.10. The highest BCUT2D eigenvalue weighted by atomic mass is 19.4. The first-order valence-electron chi connectivity index (χ1n) is 4.10. The first-order chi connectivity index (χ1) is 6.89. The number of alkyl halides is 3. The van der Waals surface area contributed by atoms with Crippen molar-refractivity contribution in [2.45, 2.75) is 13.1 Å². The fraction of sp³-hybridized carbons (Fsp3) is 0.222. The van der Waals surface area contributed by atoms with Crippen molar-refractivity contribution in [1.29, 1.82) is 0 Å². The summed E-state index contributed by atoms with van der Waals surface area (Å²) in [6.45, 7) is 1.43. The molecule has 6 heteroatoms. The van der Waals surface area contributed by atoms with E-state index in [1.165, 1.54) is 6.92 Å². The van der Waals surface area contributed by atoms with E-state index < -0.39 is 17.6 Å². The van der Waals surface area contributed by atoms with Gasteiger partial charge in [0.2, 0.25) is 0 Å². The summed E-state index contributed by atoms with van der Waals surface area (Å²) in [5.74, 6) is -0.612. The molecule has 80 valence electrons. The van der Waals surface area contributed by atoms with Gasteiger partial charge in [-0.25, -0.2) is 4.39 Å². The summed E-state index contributed by atoms with van der Waals surface area (Å²) in [6, 6.07) is 0.846. The Morgan fingerprint density at radius 3 is 2.60 bits per heavy atom.